The summed E-state index contributed by atoms with van der Waals surface area (Å²) in [6.45, 7) is 0.0622. The summed E-state index contributed by atoms with van der Waals surface area (Å²) >= 11 is 3.37. The Labute approximate surface area is 123 Å². The van der Waals surface area contributed by atoms with E-state index >= 15 is 0 Å². The second-order valence-electron chi connectivity index (χ2n) is 3.88. The average molecular weight is 342 g/mol. The SMILES string of the molecule is COCc1nc(-c2cc(OC)ccc2Br)oc1C(=O)O. The number of carbonyl (C=O) groups is 1. The predicted octanol–water partition coefficient (Wildman–Crippen LogP) is 2.96. The van der Waals surface area contributed by atoms with Crippen LogP contribution < -0.4 is 4.74 Å². The molecule has 0 aliphatic heterocycles. The van der Waals surface area contributed by atoms with Gasteiger partial charge in [-0.1, -0.05) is 0 Å². The molecule has 2 rings (SSSR count). The number of aromatic nitrogens is 1. The molecule has 6 nitrogen and oxygen atoms in total. The number of nitrogens with zero attached hydrogens (tertiary/aromatic N) is 1. The Morgan fingerprint density at radius 1 is 1.45 bits per heavy atom. The second kappa shape index (κ2) is 6.06. The molecule has 0 radical (unpaired) electrons. The highest BCUT2D eigenvalue weighted by molar-refractivity contribution is 9.10. The molecule has 0 fully saturated rings. The molecule has 0 atom stereocenters. The van der Waals surface area contributed by atoms with Gasteiger partial charge in [-0.15, -0.1) is 0 Å². The number of carboxylic acids is 1. The number of carboxylic acid groups (broad SMARTS) is 1. The van der Waals surface area contributed by atoms with E-state index in [2.05, 4.69) is 20.9 Å². The molecule has 0 spiro atoms. The predicted molar refractivity (Wildman–Crippen MR) is 73.9 cm³/mol. The van der Waals surface area contributed by atoms with Crippen LogP contribution in [0.5, 0.6) is 5.75 Å². The summed E-state index contributed by atoms with van der Waals surface area (Å²) in [7, 11) is 3.00. The zero-order valence-electron chi connectivity index (χ0n) is 10.8. The van der Waals surface area contributed by atoms with Gasteiger partial charge in [-0.25, -0.2) is 9.78 Å². The number of hydrogen-bond donors (Lipinski definition) is 1. The van der Waals surface area contributed by atoms with Gasteiger partial charge < -0.3 is 19.0 Å². The van der Waals surface area contributed by atoms with Gasteiger partial charge in [0.25, 0.3) is 0 Å². The van der Waals surface area contributed by atoms with Gasteiger partial charge in [0.1, 0.15) is 11.4 Å². The molecule has 0 saturated heterocycles. The first-order chi connectivity index (χ1) is 9.56. The molecule has 0 unspecified atom stereocenters. The summed E-state index contributed by atoms with van der Waals surface area (Å²) in [5.74, 6) is -0.599. The van der Waals surface area contributed by atoms with Crippen LogP contribution in [0.25, 0.3) is 11.5 Å². The number of hydrogen-bond acceptors (Lipinski definition) is 5. The number of halogens is 1. The van der Waals surface area contributed by atoms with E-state index in [0.29, 0.717) is 11.3 Å². The molecule has 7 heteroatoms. The van der Waals surface area contributed by atoms with Gasteiger partial charge in [0.15, 0.2) is 0 Å². The molecular formula is C13H12BrNO5. The van der Waals surface area contributed by atoms with E-state index in [1.807, 2.05) is 0 Å². The van der Waals surface area contributed by atoms with Crippen molar-refractivity contribution < 1.29 is 23.8 Å². The van der Waals surface area contributed by atoms with Crippen LogP contribution in [-0.4, -0.2) is 30.3 Å². The quantitative estimate of drug-likeness (QED) is 0.900. The van der Waals surface area contributed by atoms with Crippen molar-refractivity contribution >= 4 is 21.9 Å². The Morgan fingerprint density at radius 2 is 2.20 bits per heavy atom. The van der Waals surface area contributed by atoms with E-state index in [0.717, 1.165) is 4.47 Å². The number of methoxy groups -OCH3 is 2. The van der Waals surface area contributed by atoms with Crippen molar-refractivity contribution in [1.82, 2.24) is 4.98 Å². The number of ether oxygens (including phenoxy) is 2. The zero-order valence-corrected chi connectivity index (χ0v) is 12.4. The minimum Gasteiger partial charge on any atom is -0.497 e. The first kappa shape index (κ1) is 14.5. The standard InChI is InChI=1S/C13H12BrNO5/c1-18-6-10-11(13(16)17)20-12(15-10)8-5-7(19-2)3-4-9(8)14/h3-5H,6H2,1-2H3,(H,16,17). The van der Waals surface area contributed by atoms with Crippen LogP contribution in [0, 0.1) is 0 Å². The molecule has 1 aromatic carbocycles. The highest BCUT2D eigenvalue weighted by Gasteiger charge is 2.21. The van der Waals surface area contributed by atoms with Crippen molar-refractivity contribution in [2.24, 2.45) is 0 Å². The first-order valence-corrected chi connectivity index (χ1v) is 6.42. The first-order valence-electron chi connectivity index (χ1n) is 5.62. The summed E-state index contributed by atoms with van der Waals surface area (Å²) < 4.78 is 16.1. The summed E-state index contributed by atoms with van der Waals surface area (Å²) in [6.07, 6.45) is 0. The lowest BCUT2D eigenvalue weighted by Crippen LogP contribution is -2.00. The second-order valence-corrected chi connectivity index (χ2v) is 4.73. The Kier molecular flexibility index (Phi) is 4.41. The van der Waals surface area contributed by atoms with Crippen molar-refractivity contribution in [3.05, 3.63) is 34.1 Å². The molecule has 1 aromatic heterocycles. The molecule has 0 amide bonds. The molecular weight excluding hydrogens is 330 g/mol. The van der Waals surface area contributed by atoms with E-state index in [9.17, 15) is 4.79 Å². The number of rotatable bonds is 5. The fourth-order valence-corrected chi connectivity index (χ4v) is 2.08. The fourth-order valence-electron chi connectivity index (χ4n) is 1.66. The minimum absolute atomic E-state index is 0.0622. The number of aromatic carboxylic acids is 1. The zero-order chi connectivity index (χ0) is 14.7. The molecule has 0 bridgehead atoms. The van der Waals surface area contributed by atoms with Crippen molar-refractivity contribution in [2.75, 3.05) is 14.2 Å². The van der Waals surface area contributed by atoms with Crippen molar-refractivity contribution in [3.8, 4) is 17.2 Å². The summed E-state index contributed by atoms with van der Waals surface area (Å²) in [6, 6.07) is 5.25. The highest BCUT2D eigenvalue weighted by Crippen LogP contribution is 2.32. The molecule has 2 aromatic rings. The maximum Gasteiger partial charge on any atom is 0.373 e. The molecule has 0 aliphatic carbocycles. The molecule has 106 valence electrons. The molecule has 0 aliphatic rings. The topological polar surface area (TPSA) is 81.8 Å². The van der Waals surface area contributed by atoms with Crippen LogP contribution in [0.4, 0.5) is 0 Å². The van der Waals surface area contributed by atoms with Gasteiger partial charge in [-0.05, 0) is 34.1 Å². The number of oxazole rings is 1. The lowest BCUT2D eigenvalue weighted by molar-refractivity contribution is 0.0656. The van der Waals surface area contributed by atoms with Gasteiger partial charge in [0, 0.05) is 11.6 Å². The third-order valence-corrected chi connectivity index (χ3v) is 3.27. The normalized spacial score (nSPS) is 10.6. The molecule has 20 heavy (non-hydrogen) atoms. The highest BCUT2D eigenvalue weighted by atomic mass is 79.9. The van der Waals surface area contributed by atoms with Crippen LogP contribution in [0.3, 0.4) is 0 Å². The fraction of sp³-hybridized carbons (Fsp3) is 0.231. The number of benzene rings is 1. The van der Waals surface area contributed by atoms with Crippen molar-refractivity contribution in [2.45, 2.75) is 6.61 Å². The minimum atomic E-state index is -1.19. The van der Waals surface area contributed by atoms with E-state index in [-0.39, 0.29) is 24.0 Å². The summed E-state index contributed by atoms with van der Waals surface area (Å²) in [5.41, 5.74) is 0.846. The maximum absolute atomic E-state index is 11.1. The van der Waals surface area contributed by atoms with Crippen LogP contribution in [-0.2, 0) is 11.3 Å². The summed E-state index contributed by atoms with van der Waals surface area (Å²) in [4.78, 5) is 15.3. The smallest absolute Gasteiger partial charge is 0.373 e. The van der Waals surface area contributed by atoms with E-state index in [1.165, 1.54) is 7.11 Å². The summed E-state index contributed by atoms with van der Waals surface area (Å²) in [5, 5.41) is 9.10. The van der Waals surface area contributed by atoms with Gasteiger partial charge in [0.2, 0.25) is 11.7 Å². The largest absolute Gasteiger partial charge is 0.497 e. The van der Waals surface area contributed by atoms with Crippen LogP contribution in [0.15, 0.2) is 27.1 Å². The Bertz CT molecular complexity index is 638. The maximum atomic E-state index is 11.1. The van der Waals surface area contributed by atoms with Crippen molar-refractivity contribution in [1.29, 1.82) is 0 Å². The van der Waals surface area contributed by atoms with E-state index < -0.39 is 5.97 Å². The van der Waals surface area contributed by atoms with Gasteiger partial charge in [-0.2, -0.15) is 0 Å². The Hall–Kier alpha value is -1.86. The van der Waals surface area contributed by atoms with Crippen LogP contribution in [0.1, 0.15) is 16.2 Å². The monoisotopic (exact) mass is 341 g/mol. The Morgan fingerprint density at radius 3 is 2.80 bits per heavy atom. The van der Waals surface area contributed by atoms with E-state index in [1.54, 1.807) is 25.3 Å². The molecule has 1 N–H and O–H groups in total. The van der Waals surface area contributed by atoms with Crippen LogP contribution >= 0.6 is 15.9 Å². The van der Waals surface area contributed by atoms with Crippen molar-refractivity contribution in [3.63, 3.8) is 0 Å². The van der Waals surface area contributed by atoms with Crippen LogP contribution in [0.2, 0.25) is 0 Å². The third kappa shape index (κ3) is 2.83. The molecule has 1 heterocycles. The molecule has 0 saturated carbocycles. The van der Waals surface area contributed by atoms with Gasteiger partial charge >= 0.3 is 5.97 Å². The lowest BCUT2D eigenvalue weighted by Gasteiger charge is -2.03. The van der Waals surface area contributed by atoms with E-state index in [4.69, 9.17) is 19.0 Å². The van der Waals surface area contributed by atoms with Gasteiger partial charge in [-0.3, -0.25) is 0 Å². The lowest BCUT2D eigenvalue weighted by atomic mass is 10.2. The van der Waals surface area contributed by atoms with Gasteiger partial charge in [0.05, 0.1) is 19.3 Å². The Balaban J connectivity index is 2.52. The average Bonchev–Trinajstić information content (AvgIpc) is 2.84. The third-order valence-electron chi connectivity index (χ3n) is 2.58.